The fourth-order valence-corrected chi connectivity index (χ4v) is 2.94. The van der Waals surface area contributed by atoms with E-state index in [4.69, 9.17) is 11.5 Å². The first-order valence-corrected chi connectivity index (χ1v) is 8.08. The second kappa shape index (κ2) is 10.5. The summed E-state index contributed by atoms with van der Waals surface area (Å²) in [6.07, 6.45) is 7.76. The number of aromatic nitrogens is 3. The molecule has 0 amide bonds. The number of aryl methyl sites for hydroxylation is 2. The van der Waals surface area contributed by atoms with E-state index in [1.807, 2.05) is 12.3 Å². The first-order valence-electron chi connectivity index (χ1n) is 7.21. The number of nitrogens with zero attached hydrogens (tertiary/aromatic N) is 4. The van der Waals surface area contributed by atoms with E-state index in [9.17, 15) is 0 Å². The van der Waals surface area contributed by atoms with Crippen molar-refractivity contribution >= 4 is 42.1 Å². The van der Waals surface area contributed by atoms with Crippen molar-refractivity contribution < 1.29 is 0 Å². The molecule has 23 heavy (non-hydrogen) atoms. The highest BCUT2D eigenvalue weighted by Crippen LogP contribution is 2.24. The molecule has 0 aliphatic heterocycles. The highest BCUT2D eigenvalue weighted by molar-refractivity contribution is 7.09. The van der Waals surface area contributed by atoms with Gasteiger partial charge in [0.25, 0.3) is 0 Å². The SMILES string of the molecule is CCCCCCc1nc(-c2cnc(C)n2N=C(N)N)cs1.Cl.Cl. The van der Waals surface area contributed by atoms with Crippen molar-refractivity contribution in [3.05, 3.63) is 22.4 Å². The summed E-state index contributed by atoms with van der Waals surface area (Å²) in [7, 11) is 0. The summed E-state index contributed by atoms with van der Waals surface area (Å²) in [5.74, 6) is 0.739. The zero-order valence-corrected chi connectivity index (χ0v) is 15.8. The average molecular weight is 379 g/mol. The second-order valence-electron chi connectivity index (χ2n) is 4.96. The summed E-state index contributed by atoms with van der Waals surface area (Å²) < 4.78 is 1.63. The molecule has 0 saturated heterocycles. The Balaban J connectivity index is 0.00000242. The van der Waals surface area contributed by atoms with Gasteiger partial charge in [0.2, 0.25) is 5.96 Å². The third kappa shape index (κ3) is 6.01. The van der Waals surface area contributed by atoms with Gasteiger partial charge < -0.3 is 11.5 Å². The lowest BCUT2D eigenvalue weighted by Crippen LogP contribution is -2.24. The monoisotopic (exact) mass is 378 g/mol. The topological polar surface area (TPSA) is 95.1 Å². The van der Waals surface area contributed by atoms with Gasteiger partial charge >= 0.3 is 0 Å². The maximum atomic E-state index is 5.46. The fraction of sp³-hybridized carbons (Fsp3) is 0.500. The van der Waals surface area contributed by atoms with Crippen LogP contribution >= 0.6 is 36.2 Å². The summed E-state index contributed by atoms with van der Waals surface area (Å²) in [6.45, 7) is 4.07. The zero-order valence-electron chi connectivity index (χ0n) is 13.4. The van der Waals surface area contributed by atoms with Crippen LogP contribution in [0.5, 0.6) is 0 Å². The Morgan fingerprint density at radius 3 is 2.65 bits per heavy atom. The third-order valence-corrected chi connectivity index (χ3v) is 4.09. The molecule has 130 valence electrons. The molecular weight excluding hydrogens is 355 g/mol. The smallest absolute Gasteiger partial charge is 0.209 e. The molecule has 2 aromatic rings. The molecule has 0 aliphatic carbocycles. The van der Waals surface area contributed by atoms with Crippen LogP contribution in [0.3, 0.4) is 0 Å². The van der Waals surface area contributed by atoms with Gasteiger partial charge in [-0.1, -0.05) is 26.2 Å². The highest BCUT2D eigenvalue weighted by Gasteiger charge is 2.12. The number of rotatable bonds is 7. The van der Waals surface area contributed by atoms with Gasteiger partial charge in [-0.25, -0.2) is 14.6 Å². The minimum Gasteiger partial charge on any atom is -0.369 e. The van der Waals surface area contributed by atoms with E-state index in [-0.39, 0.29) is 30.8 Å². The highest BCUT2D eigenvalue weighted by atomic mass is 35.5. The van der Waals surface area contributed by atoms with Crippen LogP contribution < -0.4 is 11.5 Å². The number of hydrogen-bond donors (Lipinski definition) is 2. The van der Waals surface area contributed by atoms with Crippen LogP contribution in [-0.4, -0.2) is 20.6 Å². The third-order valence-electron chi connectivity index (χ3n) is 3.18. The Bertz CT molecular complexity index is 619. The normalized spacial score (nSPS) is 9.83. The molecule has 9 heteroatoms. The Kier molecular flexibility index (Phi) is 9.87. The molecule has 0 radical (unpaired) electrons. The summed E-state index contributed by atoms with van der Waals surface area (Å²) in [5.41, 5.74) is 12.6. The van der Waals surface area contributed by atoms with Gasteiger partial charge in [0.05, 0.1) is 11.2 Å². The van der Waals surface area contributed by atoms with Crippen LogP contribution in [0.2, 0.25) is 0 Å². The van der Waals surface area contributed by atoms with E-state index in [2.05, 4.69) is 22.0 Å². The molecule has 2 aromatic heterocycles. The van der Waals surface area contributed by atoms with Crippen molar-refractivity contribution in [2.45, 2.75) is 46.0 Å². The summed E-state index contributed by atoms with van der Waals surface area (Å²) >= 11 is 1.68. The van der Waals surface area contributed by atoms with Crippen molar-refractivity contribution in [3.63, 3.8) is 0 Å². The summed E-state index contributed by atoms with van der Waals surface area (Å²) in [5, 5.41) is 7.26. The van der Waals surface area contributed by atoms with Crippen LogP contribution in [0.15, 0.2) is 16.7 Å². The number of imidazole rings is 1. The Hall–Kier alpha value is -1.31. The minimum absolute atomic E-state index is 0. The van der Waals surface area contributed by atoms with Crippen molar-refractivity contribution in [1.29, 1.82) is 0 Å². The van der Waals surface area contributed by atoms with E-state index in [0.29, 0.717) is 0 Å². The van der Waals surface area contributed by atoms with E-state index in [1.165, 1.54) is 25.7 Å². The molecule has 2 rings (SSSR count). The number of guanidine groups is 1. The molecule has 2 heterocycles. The van der Waals surface area contributed by atoms with Gasteiger partial charge in [0, 0.05) is 5.38 Å². The van der Waals surface area contributed by atoms with Crippen molar-refractivity contribution in [2.24, 2.45) is 16.6 Å². The lowest BCUT2D eigenvalue weighted by Gasteiger charge is -2.02. The molecule has 0 atom stereocenters. The number of thiazole rings is 1. The van der Waals surface area contributed by atoms with Gasteiger partial charge in [-0.3, -0.25) is 0 Å². The molecule has 0 aliphatic rings. The maximum absolute atomic E-state index is 5.46. The van der Waals surface area contributed by atoms with Gasteiger partial charge in [-0.15, -0.1) is 41.3 Å². The number of hydrogen-bond acceptors (Lipinski definition) is 4. The number of unbranched alkanes of at least 4 members (excludes halogenated alkanes) is 3. The zero-order chi connectivity index (χ0) is 15.2. The lowest BCUT2D eigenvalue weighted by molar-refractivity contribution is 0.665. The van der Waals surface area contributed by atoms with Crippen molar-refractivity contribution in [1.82, 2.24) is 14.6 Å². The lowest BCUT2D eigenvalue weighted by atomic mass is 10.2. The molecular formula is C14H24Cl2N6S. The van der Waals surface area contributed by atoms with Gasteiger partial charge in [0.15, 0.2) is 0 Å². The number of halogens is 2. The molecule has 0 aromatic carbocycles. The Morgan fingerprint density at radius 1 is 1.26 bits per heavy atom. The Morgan fingerprint density at radius 2 is 2.00 bits per heavy atom. The summed E-state index contributed by atoms with van der Waals surface area (Å²) in [6, 6.07) is 0. The molecule has 0 unspecified atom stereocenters. The summed E-state index contributed by atoms with van der Waals surface area (Å²) in [4.78, 5) is 8.92. The van der Waals surface area contributed by atoms with E-state index in [1.54, 1.807) is 22.2 Å². The average Bonchev–Trinajstić information content (AvgIpc) is 3.03. The van der Waals surface area contributed by atoms with Gasteiger partial charge in [0.1, 0.15) is 17.2 Å². The van der Waals surface area contributed by atoms with E-state index in [0.717, 1.165) is 28.6 Å². The predicted molar refractivity (Wildman–Crippen MR) is 102 cm³/mol. The maximum Gasteiger partial charge on any atom is 0.209 e. The molecule has 6 nitrogen and oxygen atoms in total. The molecule has 0 fully saturated rings. The first-order chi connectivity index (χ1) is 10.1. The molecule has 0 spiro atoms. The van der Waals surface area contributed by atoms with Crippen LogP contribution in [0.1, 0.15) is 43.4 Å². The van der Waals surface area contributed by atoms with Gasteiger partial charge in [-0.2, -0.15) is 0 Å². The predicted octanol–water partition coefficient (Wildman–Crippen LogP) is 3.32. The van der Waals surface area contributed by atoms with E-state index >= 15 is 0 Å². The molecule has 0 bridgehead atoms. The fourth-order valence-electron chi connectivity index (χ4n) is 2.10. The quantitative estimate of drug-likeness (QED) is 0.438. The van der Waals surface area contributed by atoms with Crippen LogP contribution in [-0.2, 0) is 6.42 Å². The van der Waals surface area contributed by atoms with Crippen LogP contribution in [0, 0.1) is 6.92 Å². The molecule has 4 N–H and O–H groups in total. The largest absolute Gasteiger partial charge is 0.369 e. The minimum atomic E-state index is 0. The van der Waals surface area contributed by atoms with Gasteiger partial charge in [-0.05, 0) is 19.8 Å². The number of nitrogens with two attached hydrogens (primary N) is 2. The standard InChI is InChI=1S/C14H22N6S.2ClH/c1-3-4-5-6-7-13-18-11(9-21-13)12-8-17-10(2)20(12)19-14(15)16;;/h8-9H,3-7H2,1-2H3,(H4,15,16,19);2*1H. The van der Waals surface area contributed by atoms with E-state index < -0.39 is 0 Å². The van der Waals surface area contributed by atoms with Crippen LogP contribution in [0.4, 0.5) is 0 Å². The second-order valence-corrected chi connectivity index (χ2v) is 5.91. The van der Waals surface area contributed by atoms with Crippen molar-refractivity contribution in [3.8, 4) is 11.4 Å². The molecule has 0 saturated carbocycles. The van der Waals surface area contributed by atoms with Crippen molar-refractivity contribution in [2.75, 3.05) is 0 Å². The Labute approximate surface area is 153 Å². The first kappa shape index (κ1) is 21.7. The van der Waals surface area contributed by atoms with Crippen LogP contribution in [0.25, 0.3) is 11.4 Å².